The highest BCUT2D eigenvalue weighted by molar-refractivity contribution is 7.98. The van der Waals surface area contributed by atoms with E-state index in [2.05, 4.69) is 10.6 Å². The van der Waals surface area contributed by atoms with Crippen molar-refractivity contribution in [1.29, 1.82) is 0 Å². The number of thiocarbonyl (C=S) groups is 1. The summed E-state index contributed by atoms with van der Waals surface area (Å²) in [5, 5.41) is 7.78. The first-order valence-corrected chi connectivity index (χ1v) is 10.1. The number of hydrogen-bond acceptors (Lipinski definition) is 4. The maximum atomic E-state index is 11.6. The summed E-state index contributed by atoms with van der Waals surface area (Å²) >= 11 is 19.1. The minimum atomic E-state index is -0.429. The molecule has 0 aliphatic carbocycles. The van der Waals surface area contributed by atoms with E-state index in [9.17, 15) is 4.79 Å². The Morgan fingerprint density at radius 3 is 2.62 bits per heavy atom. The van der Waals surface area contributed by atoms with Gasteiger partial charge in [0.1, 0.15) is 0 Å². The third-order valence-electron chi connectivity index (χ3n) is 3.35. The molecule has 0 aromatic heterocycles. The summed E-state index contributed by atoms with van der Waals surface area (Å²) in [6.07, 6.45) is 0. The second kappa shape index (κ2) is 10.6. The molecule has 0 radical (unpaired) electrons. The van der Waals surface area contributed by atoms with Gasteiger partial charge < -0.3 is 15.4 Å². The second-order valence-electron chi connectivity index (χ2n) is 5.25. The van der Waals surface area contributed by atoms with Crippen LogP contribution in [0.5, 0.6) is 0 Å². The molecular formula is C18H18Cl2N2O2S2. The second-order valence-corrected chi connectivity index (χ2v) is 7.60. The van der Waals surface area contributed by atoms with Crippen molar-refractivity contribution in [2.45, 2.75) is 5.75 Å². The summed E-state index contributed by atoms with van der Waals surface area (Å²) in [4.78, 5) is 11.6. The predicted octanol–water partition coefficient (Wildman–Crippen LogP) is 5.00. The lowest BCUT2D eigenvalue weighted by Crippen LogP contribution is -2.30. The number of benzene rings is 2. The number of rotatable bonds is 7. The van der Waals surface area contributed by atoms with Gasteiger partial charge in [-0.3, -0.25) is 0 Å². The Labute approximate surface area is 172 Å². The van der Waals surface area contributed by atoms with Crippen molar-refractivity contribution in [2.75, 3.05) is 24.7 Å². The Morgan fingerprint density at radius 1 is 1.19 bits per heavy atom. The highest BCUT2D eigenvalue weighted by Gasteiger charge is 2.09. The minimum Gasteiger partial charge on any atom is -0.465 e. The van der Waals surface area contributed by atoms with Crippen molar-refractivity contribution in [3.63, 3.8) is 0 Å². The summed E-state index contributed by atoms with van der Waals surface area (Å²) in [6.45, 7) is 0.707. The van der Waals surface area contributed by atoms with E-state index in [4.69, 9.17) is 40.2 Å². The predicted molar refractivity (Wildman–Crippen MR) is 115 cm³/mol. The minimum absolute atomic E-state index is 0.403. The first kappa shape index (κ1) is 20.8. The highest BCUT2D eigenvalue weighted by Crippen LogP contribution is 2.23. The van der Waals surface area contributed by atoms with Gasteiger partial charge in [0.2, 0.25) is 0 Å². The topological polar surface area (TPSA) is 50.4 Å². The maximum Gasteiger partial charge on any atom is 0.337 e. The van der Waals surface area contributed by atoms with Crippen molar-refractivity contribution in [3.8, 4) is 0 Å². The molecule has 0 saturated heterocycles. The van der Waals surface area contributed by atoms with Gasteiger partial charge in [-0.15, -0.1) is 0 Å². The van der Waals surface area contributed by atoms with Crippen molar-refractivity contribution < 1.29 is 9.53 Å². The van der Waals surface area contributed by atoms with Crippen LogP contribution in [0.15, 0.2) is 42.5 Å². The number of anilines is 1. The molecule has 4 nitrogen and oxygen atoms in total. The molecule has 0 bridgehead atoms. The van der Waals surface area contributed by atoms with Crippen molar-refractivity contribution in [3.05, 3.63) is 63.6 Å². The summed E-state index contributed by atoms with van der Waals surface area (Å²) in [5.74, 6) is 1.37. The normalized spacial score (nSPS) is 10.3. The molecule has 26 heavy (non-hydrogen) atoms. The van der Waals surface area contributed by atoms with E-state index in [1.54, 1.807) is 30.0 Å². The number of hydrogen-bond donors (Lipinski definition) is 2. The number of thioether (sulfide) groups is 1. The van der Waals surface area contributed by atoms with Gasteiger partial charge in [0.25, 0.3) is 0 Å². The molecule has 0 atom stereocenters. The van der Waals surface area contributed by atoms with Crippen LogP contribution in [0.2, 0.25) is 10.0 Å². The number of esters is 1. The molecule has 2 aromatic rings. The van der Waals surface area contributed by atoms with Gasteiger partial charge in [-0.05, 0) is 48.1 Å². The number of methoxy groups -OCH3 is 1. The zero-order valence-electron chi connectivity index (χ0n) is 14.1. The molecule has 0 fully saturated rings. The van der Waals surface area contributed by atoms with Gasteiger partial charge in [0, 0.05) is 23.1 Å². The van der Waals surface area contributed by atoms with Crippen LogP contribution < -0.4 is 10.6 Å². The molecule has 2 rings (SSSR count). The number of nitrogens with one attached hydrogen (secondary N) is 2. The lowest BCUT2D eigenvalue weighted by molar-refractivity contribution is 0.0601. The molecule has 2 N–H and O–H groups in total. The van der Waals surface area contributed by atoms with E-state index < -0.39 is 5.97 Å². The Kier molecular flexibility index (Phi) is 8.51. The van der Waals surface area contributed by atoms with Crippen LogP contribution in [0.3, 0.4) is 0 Å². The van der Waals surface area contributed by atoms with Gasteiger partial charge in [0.05, 0.1) is 23.4 Å². The molecule has 8 heteroatoms. The van der Waals surface area contributed by atoms with E-state index in [0.29, 0.717) is 27.9 Å². The van der Waals surface area contributed by atoms with Gasteiger partial charge >= 0.3 is 5.97 Å². The fourth-order valence-electron chi connectivity index (χ4n) is 2.04. The third-order valence-corrected chi connectivity index (χ3v) is 5.21. The number of halogens is 2. The van der Waals surface area contributed by atoms with E-state index >= 15 is 0 Å². The van der Waals surface area contributed by atoms with Gasteiger partial charge in [-0.25, -0.2) is 4.79 Å². The summed E-state index contributed by atoms with van der Waals surface area (Å²) in [5.41, 5.74) is 2.19. The zero-order chi connectivity index (χ0) is 18.9. The molecule has 0 unspecified atom stereocenters. The molecule has 0 saturated carbocycles. The Balaban J connectivity index is 1.75. The van der Waals surface area contributed by atoms with Crippen molar-refractivity contribution in [2.24, 2.45) is 0 Å². The average molecular weight is 429 g/mol. The molecule has 0 aliphatic heterocycles. The molecule has 2 aromatic carbocycles. The number of carbonyl (C=O) groups excluding carboxylic acids is 1. The molecule has 138 valence electrons. The Bertz CT molecular complexity index is 770. The van der Waals surface area contributed by atoms with Gasteiger partial charge in [-0.1, -0.05) is 35.3 Å². The Hall–Kier alpha value is -1.47. The first-order valence-electron chi connectivity index (χ1n) is 7.74. The van der Waals surface area contributed by atoms with Crippen LogP contribution in [0, 0.1) is 0 Å². The first-order chi connectivity index (χ1) is 12.5. The quantitative estimate of drug-likeness (QED) is 0.367. The van der Waals surface area contributed by atoms with Gasteiger partial charge in [0.15, 0.2) is 5.11 Å². The lowest BCUT2D eigenvalue weighted by Gasteiger charge is -2.12. The van der Waals surface area contributed by atoms with Crippen molar-refractivity contribution in [1.82, 2.24) is 5.32 Å². The maximum absolute atomic E-state index is 11.6. The lowest BCUT2D eigenvalue weighted by atomic mass is 10.2. The molecule has 0 heterocycles. The number of ether oxygens (including phenoxy) is 1. The van der Waals surface area contributed by atoms with Crippen LogP contribution in [0.25, 0.3) is 0 Å². The van der Waals surface area contributed by atoms with Gasteiger partial charge in [-0.2, -0.15) is 11.8 Å². The highest BCUT2D eigenvalue weighted by atomic mass is 35.5. The molecule has 0 spiro atoms. The fraction of sp³-hybridized carbons (Fsp3) is 0.222. The number of carbonyl (C=O) groups is 1. The van der Waals surface area contributed by atoms with Crippen LogP contribution in [-0.2, 0) is 10.5 Å². The summed E-state index contributed by atoms with van der Waals surface area (Å²) in [7, 11) is 1.33. The molecular weight excluding hydrogens is 411 g/mol. The summed E-state index contributed by atoms with van der Waals surface area (Å²) < 4.78 is 4.70. The van der Waals surface area contributed by atoms with Crippen molar-refractivity contribution >= 4 is 64.0 Å². The van der Waals surface area contributed by atoms with E-state index in [1.165, 1.54) is 12.7 Å². The van der Waals surface area contributed by atoms with Crippen LogP contribution in [0.4, 0.5) is 5.69 Å². The van der Waals surface area contributed by atoms with Crippen LogP contribution in [0.1, 0.15) is 15.9 Å². The van der Waals surface area contributed by atoms with E-state index in [-0.39, 0.29) is 0 Å². The zero-order valence-corrected chi connectivity index (χ0v) is 17.2. The summed E-state index contributed by atoms with van der Waals surface area (Å²) in [6, 6.07) is 12.7. The SMILES string of the molecule is COC(=O)c1ccc(Cl)c(NC(=S)NCCSCc2ccc(Cl)cc2)c1. The smallest absolute Gasteiger partial charge is 0.337 e. The molecule has 0 aliphatic rings. The monoisotopic (exact) mass is 428 g/mol. The standard InChI is InChI=1S/C18H18Cl2N2O2S2/c1-24-17(23)13-4-7-15(20)16(10-13)22-18(25)21-8-9-26-11-12-2-5-14(19)6-3-12/h2-7,10H,8-9,11H2,1H3,(H2,21,22,25). The van der Waals surface area contributed by atoms with Crippen LogP contribution >= 0.6 is 47.2 Å². The molecule has 0 amide bonds. The Morgan fingerprint density at radius 2 is 1.92 bits per heavy atom. The van der Waals surface area contributed by atoms with E-state index in [0.717, 1.165) is 16.5 Å². The largest absolute Gasteiger partial charge is 0.465 e. The fourth-order valence-corrected chi connectivity index (χ4v) is 3.36. The van der Waals surface area contributed by atoms with E-state index in [1.807, 2.05) is 24.3 Å². The van der Waals surface area contributed by atoms with Crippen LogP contribution in [-0.4, -0.2) is 30.5 Å². The third kappa shape index (κ3) is 6.68. The average Bonchev–Trinajstić information content (AvgIpc) is 2.64.